The minimum Gasteiger partial charge on any atom is -0.374 e. The summed E-state index contributed by atoms with van der Waals surface area (Å²) in [4.78, 5) is 12.1. The Hall–Kier alpha value is -1.11. The normalized spacial score (nSPS) is 21.9. The van der Waals surface area contributed by atoms with E-state index in [1.165, 1.54) is 22.8 Å². The average molecular weight is 399 g/mol. The lowest BCUT2D eigenvalue weighted by atomic mass is 9.89. The van der Waals surface area contributed by atoms with E-state index in [4.69, 9.17) is 0 Å². The van der Waals surface area contributed by atoms with Gasteiger partial charge in [0.2, 0.25) is 0 Å². The molecule has 1 aliphatic carbocycles. The van der Waals surface area contributed by atoms with Gasteiger partial charge >= 0.3 is 0 Å². The molecule has 0 spiro atoms. The molecule has 0 bridgehead atoms. The zero-order chi connectivity index (χ0) is 15.2. The zero-order valence-electron chi connectivity index (χ0n) is 12.5. The molecular formula is C16H22IN3O. The van der Waals surface area contributed by atoms with Gasteiger partial charge in [0.05, 0.1) is 0 Å². The monoisotopic (exact) mass is 399 g/mol. The second-order valence-electron chi connectivity index (χ2n) is 5.60. The number of halogens is 1. The molecule has 1 fully saturated rings. The first-order valence-electron chi connectivity index (χ1n) is 7.44. The number of carbonyl (C=O) groups excluding carboxylic acids is 1. The van der Waals surface area contributed by atoms with Gasteiger partial charge in [-0.2, -0.15) is 5.10 Å². The van der Waals surface area contributed by atoms with E-state index in [2.05, 4.69) is 45.4 Å². The molecule has 1 aromatic carbocycles. The fourth-order valence-corrected chi connectivity index (χ4v) is 2.78. The molecule has 0 saturated heterocycles. The third kappa shape index (κ3) is 4.98. The summed E-state index contributed by atoms with van der Waals surface area (Å²) < 4.78 is 1.17. The van der Waals surface area contributed by atoms with Crippen LogP contribution in [0.4, 0.5) is 5.69 Å². The maximum atomic E-state index is 12.1. The minimum atomic E-state index is -0.312. The van der Waals surface area contributed by atoms with Crippen molar-refractivity contribution in [2.75, 3.05) is 5.32 Å². The summed E-state index contributed by atoms with van der Waals surface area (Å²) in [5.74, 6) is 0.386. The summed E-state index contributed by atoms with van der Waals surface area (Å²) >= 11 is 2.26. The Morgan fingerprint density at radius 3 is 2.71 bits per heavy atom. The quantitative estimate of drug-likeness (QED) is 0.598. The number of hydrazone groups is 1. The van der Waals surface area contributed by atoms with E-state index in [-0.39, 0.29) is 11.9 Å². The van der Waals surface area contributed by atoms with Crippen molar-refractivity contribution in [3.63, 3.8) is 0 Å². The fourth-order valence-electron chi connectivity index (χ4n) is 2.42. The first-order chi connectivity index (χ1) is 10.1. The van der Waals surface area contributed by atoms with Gasteiger partial charge in [-0.05, 0) is 79.0 Å². The minimum absolute atomic E-state index is 0.0983. The Balaban J connectivity index is 1.87. The van der Waals surface area contributed by atoms with Crippen LogP contribution < -0.4 is 10.7 Å². The Morgan fingerprint density at radius 2 is 2.05 bits per heavy atom. The van der Waals surface area contributed by atoms with Gasteiger partial charge in [0.1, 0.15) is 6.04 Å². The van der Waals surface area contributed by atoms with Crippen LogP contribution in [0.3, 0.4) is 0 Å². The number of hydrogen-bond donors (Lipinski definition) is 2. The number of anilines is 1. The smallest absolute Gasteiger partial charge is 0.262 e. The van der Waals surface area contributed by atoms with Crippen LogP contribution in [0.1, 0.15) is 39.5 Å². The maximum absolute atomic E-state index is 12.1. The van der Waals surface area contributed by atoms with Gasteiger partial charge < -0.3 is 5.32 Å². The van der Waals surface area contributed by atoms with Crippen molar-refractivity contribution in [3.8, 4) is 0 Å². The molecule has 21 heavy (non-hydrogen) atoms. The van der Waals surface area contributed by atoms with Gasteiger partial charge in [0, 0.05) is 15.0 Å². The van der Waals surface area contributed by atoms with E-state index >= 15 is 0 Å². The summed E-state index contributed by atoms with van der Waals surface area (Å²) in [5.41, 5.74) is 4.76. The number of rotatable bonds is 4. The standard InChI is InChI=1S/C16H22IN3O/c1-11-5-3-4-6-15(11)19-20-16(21)12(2)18-14-9-7-13(17)8-10-14/h7-12,18H,3-6H2,1-2H3,(H,20,21)/t11-,12-/m1/s1. The Morgan fingerprint density at radius 1 is 1.33 bits per heavy atom. The van der Waals surface area contributed by atoms with Gasteiger partial charge in [0.15, 0.2) is 0 Å². The van der Waals surface area contributed by atoms with Crippen molar-refractivity contribution in [3.05, 3.63) is 27.8 Å². The number of amides is 1. The van der Waals surface area contributed by atoms with Gasteiger partial charge in [-0.1, -0.05) is 13.3 Å². The van der Waals surface area contributed by atoms with Gasteiger partial charge in [-0.3, -0.25) is 4.79 Å². The zero-order valence-corrected chi connectivity index (χ0v) is 14.7. The predicted molar refractivity (Wildman–Crippen MR) is 95.5 cm³/mol. The van der Waals surface area contributed by atoms with Crippen molar-refractivity contribution in [1.29, 1.82) is 0 Å². The van der Waals surface area contributed by atoms with E-state index in [1.807, 2.05) is 31.2 Å². The second kappa shape index (κ2) is 7.77. The number of benzene rings is 1. The molecule has 1 saturated carbocycles. The highest BCUT2D eigenvalue weighted by atomic mass is 127. The molecule has 0 heterocycles. The van der Waals surface area contributed by atoms with Crippen LogP contribution in [-0.4, -0.2) is 17.7 Å². The molecule has 5 heteroatoms. The Bertz CT molecular complexity index is 513. The molecule has 4 nitrogen and oxygen atoms in total. The van der Waals surface area contributed by atoms with Crippen LogP contribution in [0.15, 0.2) is 29.4 Å². The first kappa shape index (κ1) is 16.3. The Labute approximate surface area is 139 Å². The van der Waals surface area contributed by atoms with Crippen molar-refractivity contribution in [2.24, 2.45) is 11.0 Å². The van der Waals surface area contributed by atoms with Crippen LogP contribution in [0, 0.1) is 9.49 Å². The number of hydrogen-bond acceptors (Lipinski definition) is 3. The molecule has 2 N–H and O–H groups in total. The van der Waals surface area contributed by atoms with E-state index in [0.29, 0.717) is 5.92 Å². The lowest BCUT2D eigenvalue weighted by Gasteiger charge is -2.20. The second-order valence-corrected chi connectivity index (χ2v) is 6.84. The summed E-state index contributed by atoms with van der Waals surface area (Å²) in [6.07, 6.45) is 4.61. The number of nitrogens with zero attached hydrogens (tertiary/aromatic N) is 1. The molecule has 114 valence electrons. The molecule has 1 aliphatic rings. The van der Waals surface area contributed by atoms with Gasteiger partial charge in [0.25, 0.3) is 5.91 Å². The van der Waals surface area contributed by atoms with E-state index in [1.54, 1.807) is 0 Å². The van der Waals surface area contributed by atoms with E-state index in [9.17, 15) is 4.79 Å². The highest BCUT2D eigenvalue weighted by Crippen LogP contribution is 2.20. The van der Waals surface area contributed by atoms with Crippen LogP contribution in [-0.2, 0) is 4.79 Å². The van der Waals surface area contributed by atoms with Crippen molar-refractivity contribution in [2.45, 2.75) is 45.6 Å². The molecule has 2 rings (SSSR count). The molecule has 0 unspecified atom stereocenters. The average Bonchev–Trinajstić information content (AvgIpc) is 2.48. The van der Waals surface area contributed by atoms with Crippen molar-refractivity contribution in [1.82, 2.24) is 5.43 Å². The fraction of sp³-hybridized carbons (Fsp3) is 0.500. The predicted octanol–water partition coefficient (Wildman–Crippen LogP) is 3.77. The lowest BCUT2D eigenvalue weighted by molar-refractivity contribution is -0.121. The molecule has 0 aromatic heterocycles. The number of carbonyl (C=O) groups is 1. The SMILES string of the molecule is C[C@@H]1CCCCC1=NNC(=O)[C@@H](C)Nc1ccc(I)cc1. The summed E-state index contributed by atoms with van der Waals surface area (Å²) in [6, 6.07) is 7.66. The van der Waals surface area contributed by atoms with Crippen LogP contribution in [0.25, 0.3) is 0 Å². The van der Waals surface area contributed by atoms with E-state index in [0.717, 1.165) is 17.8 Å². The van der Waals surface area contributed by atoms with Gasteiger partial charge in [-0.25, -0.2) is 5.43 Å². The molecule has 1 amide bonds. The number of nitrogens with one attached hydrogen (secondary N) is 2. The highest BCUT2D eigenvalue weighted by molar-refractivity contribution is 14.1. The molecule has 0 aliphatic heterocycles. The van der Waals surface area contributed by atoms with Crippen LogP contribution in [0.5, 0.6) is 0 Å². The Kier molecular flexibility index (Phi) is 6.02. The summed E-state index contributed by atoms with van der Waals surface area (Å²) in [5, 5.41) is 7.50. The van der Waals surface area contributed by atoms with Gasteiger partial charge in [-0.15, -0.1) is 0 Å². The molecule has 0 radical (unpaired) electrons. The lowest BCUT2D eigenvalue weighted by Crippen LogP contribution is -2.36. The van der Waals surface area contributed by atoms with Crippen molar-refractivity contribution >= 4 is 39.9 Å². The largest absolute Gasteiger partial charge is 0.374 e. The van der Waals surface area contributed by atoms with Crippen molar-refractivity contribution < 1.29 is 4.79 Å². The molecular weight excluding hydrogens is 377 g/mol. The van der Waals surface area contributed by atoms with E-state index < -0.39 is 0 Å². The maximum Gasteiger partial charge on any atom is 0.262 e. The first-order valence-corrected chi connectivity index (χ1v) is 8.52. The topological polar surface area (TPSA) is 53.5 Å². The van der Waals surface area contributed by atoms with Crippen LogP contribution >= 0.6 is 22.6 Å². The van der Waals surface area contributed by atoms with Crippen LogP contribution in [0.2, 0.25) is 0 Å². The summed E-state index contributed by atoms with van der Waals surface area (Å²) in [6.45, 7) is 4.02. The molecule has 2 atom stereocenters. The molecule has 1 aromatic rings. The summed E-state index contributed by atoms with van der Waals surface area (Å²) in [7, 11) is 0. The third-order valence-electron chi connectivity index (χ3n) is 3.82. The highest BCUT2D eigenvalue weighted by Gasteiger charge is 2.17. The third-order valence-corrected chi connectivity index (χ3v) is 4.54.